The Balaban J connectivity index is 2.94. The second-order valence-electron chi connectivity index (χ2n) is 3.30. The number of hydrogen-bond donors (Lipinski definition) is 1. The van der Waals surface area contributed by atoms with Crippen molar-refractivity contribution in [2.24, 2.45) is 0 Å². The molecule has 0 bridgehead atoms. The first kappa shape index (κ1) is 12.8. The lowest BCUT2D eigenvalue weighted by molar-refractivity contribution is 0.0782. The van der Waals surface area contributed by atoms with Crippen molar-refractivity contribution in [2.45, 2.75) is 11.8 Å². The quantitative estimate of drug-likeness (QED) is 0.633. The van der Waals surface area contributed by atoms with Crippen molar-refractivity contribution in [1.82, 2.24) is 4.90 Å². The van der Waals surface area contributed by atoms with Gasteiger partial charge in [-0.25, -0.2) is 4.39 Å². The fraction of sp³-hybridized carbons (Fsp3) is 0.250. The molecule has 0 fully saturated rings. The molecule has 86 valence electrons. The second-order valence-corrected chi connectivity index (χ2v) is 3.78. The third-order valence-electron chi connectivity index (χ3n) is 2.21. The number of likely N-dealkylation sites (N-methyl/N-ethyl adjacent to an activating group) is 1. The molecule has 16 heavy (non-hydrogen) atoms. The Bertz CT molecular complexity index is 406. The van der Waals surface area contributed by atoms with Gasteiger partial charge in [0, 0.05) is 23.5 Å². The van der Waals surface area contributed by atoms with Gasteiger partial charge in [0.15, 0.2) is 0 Å². The average molecular weight is 239 g/mol. The van der Waals surface area contributed by atoms with Crippen LogP contribution in [-0.2, 0) is 0 Å². The lowest BCUT2D eigenvalue weighted by Gasteiger charge is -2.19. The van der Waals surface area contributed by atoms with E-state index in [1.54, 1.807) is 11.0 Å². The molecule has 4 heteroatoms. The summed E-state index contributed by atoms with van der Waals surface area (Å²) in [4.78, 5) is 13.8. The van der Waals surface area contributed by atoms with Crippen LogP contribution in [0.4, 0.5) is 4.39 Å². The first-order valence-electron chi connectivity index (χ1n) is 4.98. The predicted molar refractivity (Wildman–Crippen MR) is 65.4 cm³/mol. The Kier molecular flexibility index (Phi) is 4.55. The Labute approximate surface area is 100 Å². The Morgan fingerprint density at radius 2 is 2.31 bits per heavy atom. The molecule has 0 saturated carbocycles. The first-order valence-corrected chi connectivity index (χ1v) is 5.43. The van der Waals surface area contributed by atoms with Gasteiger partial charge in [-0.1, -0.05) is 6.08 Å². The van der Waals surface area contributed by atoms with Crippen molar-refractivity contribution < 1.29 is 9.18 Å². The molecule has 1 aromatic rings. The highest BCUT2D eigenvalue weighted by atomic mass is 32.1. The van der Waals surface area contributed by atoms with E-state index >= 15 is 0 Å². The van der Waals surface area contributed by atoms with E-state index in [-0.39, 0.29) is 10.8 Å². The minimum absolute atomic E-state index is 0.141. The van der Waals surface area contributed by atoms with Crippen LogP contribution in [0.15, 0.2) is 35.7 Å². The number of halogens is 1. The Morgan fingerprint density at radius 1 is 1.62 bits per heavy atom. The summed E-state index contributed by atoms with van der Waals surface area (Å²) in [6.07, 6.45) is 1.66. The van der Waals surface area contributed by atoms with Crippen LogP contribution in [0.3, 0.4) is 0 Å². The molecule has 1 rings (SSSR count). The average Bonchev–Trinajstić information content (AvgIpc) is 2.28. The van der Waals surface area contributed by atoms with Gasteiger partial charge < -0.3 is 4.90 Å². The SMILES string of the molecule is C=CCN(CC)C(=O)c1ccc(F)c(S)c1. The number of rotatable bonds is 4. The van der Waals surface area contributed by atoms with Gasteiger partial charge >= 0.3 is 0 Å². The third kappa shape index (κ3) is 2.85. The summed E-state index contributed by atoms with van der Waals surface area (Å²) >= 11 is 3.95. The fourth-order valence-corrected chi connectivity index (χ4v) is 1.55. The van der Waals surface area contributed by atoms with Crippen LogP contribution in [0.25, 0.3) is 0 Å². The van der Waals surface area contributed by atoms with Crippen LogP contribution in [0.5, 0.6) is 0 Å². The molecule has 0 aliphatic rings. The molecule has 0 saturated heterocycles. The summed E-state index contributed by atoms with van der Waals surface area (Å²) in [5, 5.41) is 0. The number of carbonyl (C=O) groups excluding carboxylic acids is 1. The number of amides is 1. The highest BCUT2D eigenvalue weighted by Gasteiger charge is 2.13. The highest BCUT2D eigenvalue weighted by molar-refractivity contribution is 7.80. The lowest BCUT2D eigenvalue weighted by atomic mass is 10.2. The molecule has 0 spiro atoms. The molecule has 0 aliphatic carbocycles. The minimum atomic E-state index is -0.424. The zero-order chi connectivity index (χ0) is 12.1. The minimum Gasteiger partial charge on any atom is -0.335 e. The van der Waals surface area contributed by atoms with Gasteiger partial charge in [0.1, 0.15) is 5.82 Å². The molecule has 2 nitrogen and oxygen atoms in total. The molecule has 0 aromatic heterocycles. The molecule has 0 atom stereocenters. The van der Waals surface area contributed by atoms with Gasteiger partial charge in [0.05, 0.1) is 0 Å². The van der Waals surface area contributed by atoms with Crippen LogP contribution in [-0.4, -0.2) is 23.9 Å². The monoisotopic (exact) mass is 239 g/mol. The number of hydrogen-bond acceptors (Lipinski definition) is 2. The van der Waals surface area contributed by atoms with Crippen LogP contribution in [0.1, 0.15) is 17.3 Å². The van der Waals surface area contributed by atoms with E-state index in [0.29, 0.717) is 18.7 Å². The van der Waals surface area contributed by atoms with E-state index in [2.05, 4.69) is 19.2 Å². The van der Waals surface area contributed by atoms with Crippen molar-refractivity contribution in [1.29, 1.82) is 0 Å². The third-order valence-corrected chi connectivity index (χ3v) is 2.55. The van der Waals surface area contributed by atoms with Gasteiger partial charge in [-0.15, -0.1) is 19.2 Å². The van der Waals surface area contributed by atoms with Crippen molar-refractivity contribution in [3.63, 3.8) is 0 Å². The molecular formula is C12H14FNOS. The van der Waals surface area contributed by atoms with E-state index in [9.17, 15) is 9.18 Å². The molecule has 1 amide bonds. The van der Waals surface area contributed by atoms with Gasteiger partial charge in [0.25, 0.3) is 5.91 Å². The highest BCUT2D eigenvalue weighted by Crippen LogP contribution is 2.15. The smallest absolute Gasteiger partial charge is 0.254 e. The van der Waals surface area contributed by atoms with Gasteiger partial charge in [-0.2, -0.15) is 0 Å². The van der Waals surface area contributed by atoms with E-state index in [0.717, 1.165) is 0 Å². The van der Waals surface area contributed by atoms with Crippen molar-refractivity contribution in [3.8, 4) is 0 Å². The summed E-state index contributed by atoms with van der Waals surface area (Å²) in [7, 11) is 0. The van der Waals surface area contributed by atoms with Crippen LogP contribution in [0.2, 0.25) is 0 Å². The van der Waals surface area contributed by atoms with Gasteiger partial charge in [0.2, 0.25) is 0 Å². The zero-order valence-corrected chi connectivity index (χ0v) is 10.0. The summed E-state index contributed by atoms with van der Waals surface area (Å²) in [6, 6.07) is 4.15. The van der Waals surface area contributed by atoms with Crippen molar-refractivity contribution in [3.05, 3.63) is 42.2 Å². The number of carbonyl (C=O) groups is 1. The maximum Gasteiger partial charge on any atom is 0.254 e. The number of nitrogens with zero attached hydrogens (tertiary/aromatic N) is 1. The van der Waals surface area contributed by atoms with Crippen LogP contribution in [0, 0.1) is 5.82 Å². The lowest BCUT2D eigenvalue weighted by Crippen LogP contribution is -2.30. The summed E-state index contributed by atoms with van der Waals surface area (Å²) in [5.41, 5.74) is 0.440. The molecular weight excluding hydrogens is 225 g/mol. The fourth-order valence-electron chi connectivity index (χ4n) is 1.34. The molecule has 0 heterocycles. The first-order chi connectivity index (χ1) is 7.60. The Hall–Kier alpha value is -1.29. The van der Waals surface area contributed by atoms with Crippen molar-refractivity contribution >= 4 is 18.5 Å². The zero-order valence-electron chi connectivity index (χ0n) is 9.11. The van der Waals surface area contributed by atoms with Crippen LogP contribution >= 0.6 is 12.6 Å². The predicted octanol–water partition coefficient (Wildman–Crippen LogP) is 2.76. The largest absolute Gasteiger partial charge is 0.335 e. The molecule has 0 radical (unpaired) electrons. The molecule has 1 aromatic carbocycles. The summed E-state index contributed by atoms with van der Waals surface area (Å²) < 4.78 is 13.0. The maximum absolute atomic E-state index is 13.0. The molecule has 0 N–H and O–H groups in total. The van der Waals surface area contributed by atoms with E-state index in [4.69, 9.17) is 0 Å². The maximum atomic E-state index is 13.0. The Morgan fingerprint density at radius 3 is 2.81 bits per heavy atom. The number of benzene rings is 1. The summed E-state index contributed by atoms with van der Waals surface area (Å²) in [6.45, 7) is 6.54. The standard InChI is InChI=1S/C12H14FNOS/c1-3-7-14(4-2)12(15)9-5-6-10(13)11(16)8-9/h3,5-6,8,16H,1,4,7H2,2H3. The van der Waals surface area contributed by atoms with E-state index in [1.807, 2.05) is 6.92 Å². The van der Waals surface area contributed by atoms with E-state index < -0.39 is 5.82 Å². The van der Waals surface area contributed by atoms with Crippen LogP contribution < -0.4 is 0 Å². The topological polar surface area (TPSA) is 20.3 Å². The molecule has 0 unspecified atom stereocenters. The van der Waals surface area contributed by atoms with Gasteiger partial charge in [-0.3, -0.25) is 4.79 Å². The normalized spacial score (nSPS) is 9.94. The second kappa shape index (κ2) is 5.70. The van der Waals surface area contributed by atoms with E-state index in [1.165, 1.54) is 18.2 Å². The van der Waals surface area contributed by atoms with Crippen molar-refractivity contribution in [2.75, 3.05) is 13.1 Å². The summed E-state index contributed by atoms with van der Waals surface area (Å²) in [5.74, 6) is -0.565. The molecule has 0 aliphatic heterocycles. The number of thiol groups is 1. The van der Waals surface area contributed by atoms with Gasteiger partial charge in [-0.05, 0) is 25.1 Å².